The second kappa shape index (κ2) is 10.5. The zero-order valence-corrected chi connectivity index (χ0v) is 21.5. The van der Waals surface area contributed by atoms with Gasteiger partial charge in [-0.15, -0.1) is 5.10 Å². The molecule has 2 aliphatic rings. The Labute approximate surface area is 220 Å². The predicted molar refractivity (Wildman–Crippen MR) is 143 cm³/mol. The number of methoxy groups -OCH3 is 1. The Morgan fingerprint density at radius 3 is 2.50 bits per heavy atom. The largest absolute Gasteiger partial charge is 0.497 e. The predicted octanol–water partition coefficient (Wildman–Crippen LogP) is 4.08. The summed E-state index contributed by atoms with van der Waals surface area (Å²) in [4.78, 5) is 21.2. The molecule has 4 aromatic rings. The molecule has 2 fully saturated rings. The molecule has 1 aliphatic heterocycles. The summed E-state index contributed by atoms with van der Waals surface area (Å²) >= 11 is 0. The molecule has 0 unspecified atom stereocenters. The number of ether oxygens (including phenoxy) is 1. The number of nitrogens with zero attached hydrogens (tertiary/aromatic N) is 6. The molecule has 0 spiro atoms. The number of benzene rings is 2. The third-order valence-electron chi connectivity index (χ3n) is 7.93. The van der Waals surface area contributed by atoms with E-state index in [1.807, 2.05) is 41.1 Å². The monoisotopic (exact) mass is 517 g/mol. The van der Waals surface area contributed by atoms with Crippen molar-refractivity contribution in [3.63, 3.8) is 0 Å². The maximum atomic E-state index is 13.6. The first-order valence-corrected chi connectivity index (χ1v) is 13.3. The number of piperazine rings is 1. The minimum absolute atomic E-state index is 0.157. The Kier molecular flexibility index (Phi) is 6.80. The van der Waals surface area contributed by atoms with Crippen LogP contribution in [0, 0.1) is 5.82 Å². The lowest BCUT2D eigenvalue weighted by atomic mass is 9.95. The van der Waals surface area contributed by atoms with Gasteiger partial charge in [0.05, 0.1) is 18.7 Å². The van der Waals surface area contributed by atoms with Crippen molar-refractivity contribution in [2.45, 2.75) is 44.2 Å². The van der Waals surface area contributed by atoms with Crippen LogP contribution in [-0.2, 0) is 0 Å². The van der Waals surface area contributed by atoms with E-state index in [1.165, 1.54) is 18.6 Å². The maximum Gasteiger partial charge on any atom is 0.253 e. The summed E-state index contributed by atoms with van der Waals surface area (Å²) in [5, 5.41) is 13.9. The summed E-state index contributed by atoms with van der Waals surface area (Å²) in [7, 11) is 1.61. The lowest BCUT2D eigenvalue weighted by Gasteiger charge is -2.40. The van der Waals surface area contributed by atoms with Crippen LogP contribution in [0.3, 0.4) is 0 Å². The number of hydrogen-bond acceptors (Lipinski definition) is 7. The molecule has 1 aliphatic carbocycles. The first-order valence-electron chi connectivity index (χ1n) is 13.3. The fraction of sp³-hybridized carbons (Fsp3) is 0.429. The van der Waals surface area contributed by atoms with Crippen LogP contribution >= 0.6 is 0 Å². The quantitative estimate of drug-likeness (QED) is 0.412. The summed E-state index contributed by atoms with van der Waals surface area (Å²) < 4.78 is 20.8. The van der Waals surface area contributed by atoms with E-state index in [9.17, 15) is 9.18 Å². The van der Waals surface area contributed by atoms with Crippen LogP contribution < -0.4 is 15.2 Å². The van der Waals surface area contributed by atoms with Crippen LogP contribution in [-0.4, -0.2) is 63.4 Å². The number of aromatic amines is 1. The Morgan fingerprint density at radius 2 is 1.76 bits per heavy atom. The zero-order chi connectivity index (χ0) is 26.1. The van der Waals surface area contributed by atoms with Gasteiger partial charge in [-0.2, -0.15) is 0 Å². The van der Waals surface area contributed by atoms with Gasteiger partial charge in [-0.3, -0.25) is 9.69 Å². The van der Waals surface area contributed by atoms with Gasteiger partial charge < -0.3 is 14.6 Å². The van der Waals surface area contributed by atoms with Gasteiger partial charge in [0.1, 0.15) is 17.6 Å². The van der Waals surface area contributed by atoms with Crippen molar-refractivity contribution in [2.75, 3.05) is 38.2 Å². The van der Waals surface area contributed by atoms with E-state index < -0.39 is 6.04 Å². The Bertz CT molecular complexity index is 1450. The minimum Gasteiger partial charge on any atom is -0.497 e. The second-order valence-electron chi connectivity index (χ2n) is 10.2. The number of aromatic nitrogens is 5. The number of anilines is 1. The van der Waals surface area contributed by atoms with Gasteiger partial charge in [0.25, 0.3) is 5.56 Å². The van der Waals surface area contributed by atoms with Crippen molar-refractivity contribution in [2.24, 2.45) is 0 Å². The van der Waals surface area contributed by atoms with Crippen LogP contribution in [0.1, 0.15) is 55.6 Å². The lowest BCUT2D eigenvalue weighted by Crippen LogP contribution is -2.49. The average molecular weight is 518 g/mol. The van der Waals surface area contributed by atoms with Crippen LogP contribution in [0.2, 0.25) is 0 Å². The number of nitrogens with one attached hydrogen (secondary N) is 1. The molecular weight excluding hydrogens is 485 g/mol. The number of hydrogen-bond donors (Lipinski definition) is 1. The van der Waals surface area contributed by atoms with Crippen molar-refractivity contribution in [1.29, 1.82) is 0 Å². The Morgan fingerprint density at radius 1 is 1.00 bits per heavy atom. The van der Waals surface area contributed by atoms with Crippen molar-refractivity contribution in [3.8, 4) is 5.75 Å². The molecule has 1 saturated heterocycles. The number of tetrazole rings is 1. The number of pyridine rings is 1. The molecular formula is C28H32FN7O2. The number of halogens is 1. The minimum atomic E-state index is -0.391. The molecule has 9 nitrogen and oxygen atoms in total. The molecule has 0 radical (unpaired) electrons. The van der Waals surface area contributed by atoms with E-state index in [2.05, 4.69) is 30.3 Å². The number of rotatable bonds is 6. The number of fused-ring (bicyclic) bond motifs is 1. The van der Waals surface area contributed by atoms with E-state index in [0.29, 0.717) is 30.2 Å². The second-order valence-corrected chi connectivity index (χ2v) is 10.2. The molecule has 0 bridgehead atoms. The fourth-order valence-corrected chi connectivity index (χ4v) is 5.88. The Hall–Kier alpha value is -3.79. The third-order valence-corrected chi connectivity index (χ3v) is 7.93. The fourth-order valence-electron chi connectivity index (χ4n) is 5.88. The highest BCUT2D eigenvalue weighted by Gasteiger charge is 2.34. The van der Waals surface area contributed by atoms with Gasteiger partial charge in [0, 0.05) is 43.5 Å². The highest BCUT2D eigenvalue weighted by molar-refractivity contribution is 5.80. The van der Waals surface area contributed by atoms with Crippen molar-refractivity contribution in [1.82, 2.24) is 30.1 Å². The first-order chi connectivity index (χ1) is 18.6. The smallest absolute Gasteiger partial charge is 0.253 e. The Balaban J connectivity index is 1.38. The van der Waals surface area contributed by atoms with Gasteiger partial charge in [-0.25, -0.2) is 9.07 Å². The molecule has 1 saturated carbocycles. The van der Waals surface area contributed by atoms with Crippen LogP contribution in [0.15, 0.2) is 53.3 Å². The van der Waals surface area contributed by atoms with Gasteiger partial charge in [0.15, 0.2) is 5.82 Å². The van der Waals surface area contributed by atoms with E-state index in [-0.39, 0.29) is 17.4 Å². The first kappa shape index (κ1) is 24.5. The van der Waals surface area contributed by atoms with E-state index in [4.69, 9.17) is 4.74 Å². The summed E-state index contributed by atoms with van der Waals surface area (Å²) in [6.45, 7) is 2.91. The van der Waals surface area contributed by atoms with E-state index in [0.717, 1.165) is 55.4 Å². The highest BCUT2D eigenvalue weighted by Crippen LogP contribution is 2.34. The third kappa shape index (κ3) is 4.76. The van der Waals surface area contributed by atoms with Crippen LogP contribution in [0.25, 0.3) is 10.9 Å². The molecule has 1 N–H and O–H groups in total. The van der Waals surface area contributed by atoms with Gasteiger partial charge in [0.2, 0.25) is 0 Å². The molecule has 0 amide bonds. The van der Waals surface area contributed by atoms with Gasteiger partial charge in [-0.1, -0.05) is 19.3 Å². The molecule has 38 heavy (non-hydrogen) atoms. The van der Waals surface area contributed by atoms with Crippen molar-refractivity contribution >= 4 is 16.6 Å². The summed E-state index contributed by atoms with van der Waals surface area (Å²) in [6, 6.07) is 14.1. The maximum absolute atomic E-state index is 13.6. The highest BCUT2D eigenvalue weighted by atomic mass is 19.1. The average Bonchev–Trinajstić information content (AvgIpc) is 3.44. The molecule has 10 heteroatoms. The topological polar surface area (TPSA) is 92.2 Å². The van der Waals surface area contributed by atoms with Crippen LogP contribution in [0.4, 0.5) is 10.1 Å². The zero-order valence-electron chi connectivity index (χ0n) is 21.5. The molecule has 2 aromatic carbocycles. The standard InChI is InChI=1S/C28H32FN7O2/c1-38-23-12-7-19-17-24(28(37)30-25(19)18-23)26(27-31-32-33-36(27)22-5-3-2-4-6-22)35-15-13-34(14-16-35)21-10-8-20(29)9-11-21/h7-12,17-18,22,26H,2-6,13-16H2,1H3,(H,30,37)/t26-/m1/s1. The summed E-state index contributed by atoms with van der Waals surface area (Å²) in [5.74, 6) is 1.16. The van der Waals surface area contributed by atoms with E-state index in [1.54, 1.807) is 7.11 Å². The molecule has 6 rings (SSSR count). The normalized spacial score (nSPS) is 18.1. The summed E-state index contributed by atoms with van der Waals surface area (Å²) in [5.41, 5.74) is 2.19. The van der Waals surface area contributed by atoms with Gasteiger partial charge in [-0.05, 0) is 71.1 Å². The SMILES string of the molecule is COc1ccc2cc([C@H](c3nnnn3C3CCCCC3)N3CCN(c4ccc(F)cc4)CC3)c(=O)[nH]c2c1. The molecule has 1 atom stereocenters. The van der Waals surface area contributed by atoms with Crippen LogP contribution in [0.5, 0.6) is 5.75 Å². The molecule has 198 valence electrons. The summed E-state index contributed by atoms with van der Waals surface area (Å²) in [6.07, 6.45) is 5.62. The molecule has 3 heterocycles. The number of H-pyrrole nitrogens is 1. The molecule has 2 aromatic heterocycles. The van der Waals surface area contributed by atoms with Crippen molar-refractivity contribution < 1.29 is 9.13 Å². The lowest BCUT2D eigenvalue weighted by molar-refractivity contribution is 0.192. The van der Waals surface area contributed by atoms with Crippen molar-refractivity contribution in [3.05, 3.63) is 76.1 Å². The van der Waals surface area contributed by atoms with E-state index >= 15 is 0 Å². The van der Waals surface area contributed by atoms with Gasteiger partial charge >= 0.3 is 0 Å².